The summed E-state index contributed by atoms with van der Waals surface area (Å²) in [5.41, 5.74) is 1.49. The molecule has 134 valence electrons. The van der Waals surface area contributed by atoms with Gasteiger partial charge in [0.2, 0.25) is 5.91 Å². The molecular formula is C19H24N2O4. The summed E-state index contributed by atoms with van der Waals surface area (Å²) in [6, 6.07) is 7.48. The molecule has 0 bridgehead atoms. The second-order valence-corrected chi connectivity index (χ2v) is 6.58. The molecule has 1 aromatic heterocycles. The van der Waals surface area contributed by atoms with Crippen LogP contribution in [-0.4, -0.2) is 36.2 Å². The lowest BCUT2D eigenvalue weighted by atomic mass is 10.1. The average Bonchev–Trinajstić information content (AvgIpc) is 3.37. The lowest BCUT2D eigenvalue weighted by Crippen LogP contribution is -2.37. The number of nitrogens with zero attached hydrogens (tertiary/aromatic N) is 2. The molecular weight excluding hydrogens is 320 g/mol. The number of carbonyl (C=O) groups is 1. The molecule has 25 heavy (non-hydrogen) atoms. The van der Waals surface area contributed by atoms with Crippen molar-refractivity contribution in [1.82, 2.24) is 10.1 Å². The molecule has 1 saturated carbocycles. The Hall–Kier alpha value is -2.50. The van der Waals surface area contributed by atoms with Crippen molar-refractivity contribution >= 4 is 5.91 Å². The molecule has 1 aromatic carbocycles. The summed E-state index contributed by atoms with van der Waals surface area (Å²) in [5, 5.41) is 4.14. The maximum Gasteiger partial charge on any atom is 0.226 e. The van der Waals surface area contributed by atoms with Crippen LogP contribution >= 0.6 is 0 Å². The molecule has 1 fully saturated rings. The number of amides is 1. The predicted molar refractivity (Wildman–Crippen MR) is 93.5 cm³/mol. The van der Waals surface area contributed by atoms with Crippen LogP contribution in [0.5, 0.6) is 11.5 Å². The van der Waals surface area contributed by atoms with Crippen molar-refractivity contribution in [3.05, 3.63) is 30.0 Å². The molecule has 6 nitrogen and oxygen atoms in total. The number of methoxy groups -OCH3 is 2. The van der Waals surface area contributed by atoms with Crippen LogP contribution in [-0.2, 0) is 11.3 Å². The SMILES string of the molecule is COc1ccc(OC)c(-c2cc(CN(C(=O)C3CC3)C(C)C)no2)c1. The van der Waals surface area contributed by atoms with Crippen molar-refractivity contribution < 1.29 is 18.8 Å². The summed E-state index contributed by atoms with van der Waals surface area (Å²) in [6.07, 6.45) is 1.99. The Morgan fingerprint density at radius 2 is 2.04 bits per heavy atom. The van der Waals surface area contributed by atoms with Crippen molar-refractivity contribution in [3.63, 3.8) is 0 Å². The molecule has 0 unspecified atom stereocenters. The summed E-state index contributed by atoms with van der Waals surface area (Å²) in [7, 11) is 3.22. The first-order valence-corrected chi connectivity index (χ1v) is 8.52. The molecule has 1 aliphatic carbocycles. The van der Waals surface area contributed by atoms with E-state index in [-0.39, 0.29) is 17.9 Å². The van der Waals surface area contributed by atoms with Crippen LogP contribution in [0.4, 0.5) is 0 Å². The van der Waals surface area contributed by atoms with Gasteiger partial charge in [-0.2, -0.15) is 0 Å². The first-order chi connectivity index (χ1) is 12.0. The quantitative estimate of drug-likeness (QED) is 0.769. The van der Waals surface area contributed by atoms with Gasteiger partial charge in [-0.3, -0.25) is 4.79 Å². The molecule has 1 aliphatic rings. The van der Waals surface area contributed by atoms with E-state index in [1.54, 1.807) is 14.2 Å². The Bertz CT molecular complexity index is 750. The fourth-order valence-electron chi connectivity index (χ4n) is 2.77. The van der Waals surface area contributed by atoms with E-state index >= 15 is 0 Å². The molecule has 3 rings (SSSR count). The minimum atomic E-state index is 0.125. The molecule has 0 atom stereocenters. The third kappa shape index (κ3) is 3.78. The van der Waals surface area contributed by atoms with Crippen LogP contribution in [0, 0.1) is 5.92 Å². The van der Waals surface area contributed by atoms with E-state index in [1.165, 1.54) is 0 Å². The Kier molecular flexibility index (Phi) is 4.97. The van der Waals surface area contributed by atoms with Crippen molar-refractivity contribution in [2.45, 2.75) is 39.3 Å². The number of rotatable bonds is 7. The fraction of sp³-hybridized carbons (Fsp3) is 0.474. The largest absolute Gasteiger partial charge is 0.497 e. The number of benzene rings is 1. The van der Waals surface area contributed by atoms with E-state index in [4.69, 9.17) is 14.0 Å². The maximum atomic E-state index is 12.4. The molecule has 2 aromatic rings. The third-order valence-corrected chi connectivity index (χ3v) is 4.40. The lowest BCUT2D eigenvalue weighted by Gasteiger charge is -2.25. The van der Waals surface area contributed by atoms with E-state index < -0.39 is 0 Å². The zero-order valence-electron chi connectivity index (χ0n) is 15.1. The van der Waals surface area contributed by atoms with E-state index in [1.807, 2.05) is 43.0 Å². The summed E-state index contributed by atoms with van der Waals surface area (Å²) in [6.45, 7) is 4.49. The summed E-state index contributed by atoms with van der Waals surface area (Å²) >= 11 is 0. The highest BCUT2D eigenvalue weighted by Gasteiger charge is 2.34. The zero-order chi connectivity index (χ0) is 18.0. The van der Waals surface area contributed by atoms with Gasteiger partial charge in [0, 0.05) is 18.0 Å². The topological polar surface area (TPSA) is 64.8 Å². The second kappa shape index (κ2) is 7.17. The first kappa shape index (κ1) is 17.3. The standard InChI is InChI=1S/C19H24N2O4/c1-12(2)21(19(22)13-5-6-13)11-14-9-18(25-20-14)16-10-15(23-3)7-8-17(16)24-4/h7-10,12-13H,5-6,11H2,1-4H3. The van der Waals surface area contributed by atoms with Gasteiger partial charge in [0.1, 0.15) is 17.2 Å². The van der Waals surface area contributed by atoms with Crippen LogP contribution in [0.3, 0.4) is 0 Å². The number of ether oxygens (including phenoxy) is 2. The summed E-state index contributed by atoms with van der Waals surface area (Å²) in [5.74, 6) is 2.37. The molecule has 6 heteroatoms. The highest BCUT2D eigenvalue weighted by atomic mass is 16.5. The number of aromatic nitrogens is 1. The van der Waals surface area contributed by atoms with Gasteiger partial charge < -0.3 is 18.9 Å². The van der Waals surface area contributed by atoms with Gasteiger partial charge in [0.05, 0.1) is 26.3 Å². The summed E-state index contributed by atoms with van der Waals surface area (Å²) in [4.78, 5) is 14.3. The van der Waals surface area contributed by atoms with Crippen LogP contribution in [0.1, 0.15) is 32.4 Å². The van der Waals surface area contributed by atoms with E-state index in [2.05, 4.69) is 5.16 Å². The molecule has 0 N–H and O–H groups in total. The van der Waals surface area contributed by atoms with Gasteiger partial charge in [0.25, 0.3) is 0 Å². The van der Waals surface area contributed by atoms with Gasteiger partial charge in [0.15, 0.2) is 5.76 Å². The molecule has 0 radical (unpaired) electrons. The Labute approximate surface area is 147 Å². The van der Waals surface area contributed by atoms with Crippen LogP contribution < -0.4 is 9.47 Å². The van der Waals surface area contributed by atoms with Crippen LogP contribution in [0.15, 0.2) is 28.8 Å². The smallest absolute Gasteiger partial charge is 0.226 e. The van der Waals surface area contributed by atoms with Crippen molar-refractivity contribution in [3.8, 4) is 22.8 Å². The highest BCUT2D eigenvalue weighted by molar-refractivity contribution is 5.81. The minimum absolute atomic E-state index is 0.125. The van der Waals surface area contributed by atoms with E-state index in [9.17, 15) is 4.79 Å². The Morgan fingerprint density at radius 3 is 2.64 bits per heavy atom. The molecule has 0 saturated heterocycles. The third-order valence-electron chi connectivity index (χ3n) is 4.40. The normalized spacial score (nSPS) is 13.8. The van der Waals surface area contributed by atoms with E-state index in [0.717, 1.165) is 24.1 Å². The van der Waals surface area contributed by atoms with Crippen molar-refractivity contribution in [2.75, 3.05) is 14.2 Å². The Morgan fingerprint density at radius 1 is 1.28 bits per heavy atom. The molecule has 1 heterocycles. The highest BCUT2D eigenvalue weighted by Crippen LogP contribution is 2.35. The van der Waals surface area contributed by atoms with Gasteiger partial charge >= 0.3 is 0 Å². The van der Waals surface area contributed by atoms with Gasteiger partial charge in [-0.15, -0.1) is 0 Å². The van der Waals surface area contributed by atoms with Gasteiger partial charge in [-0.05, 0) is 44.9 Å². The minimum Gasteiger partial charge on any atom is -0.497 e. The monoisotopic (exact) mass is 344 g/mol. The summed E-state index contributed by atoms with van der Waals surface area (Å²) < 4.78 is 16.2. The van der Waals surface area contributed by atoms with Gasteiger partial charge in [-0.25, -0.2) is 0 Å². The number of hydrogen-bond donors (Lipinski definition) is 0. The predicted octanol–water partition coefficient (Wildman–Crippen LogP) is 3.51. The second-order valence-electron chi connectivity index (χ2n) is 6.58. The number of carbonyl (C=O) groups excluding carboxylic acids is 1. The molecule has 0 aliphatic heterocycles. The zero-order valence-corrected chi connectivity index (χ0v) is 15.1. The van der Waals surface area contributed by atoms with Gasteiger partial charge in [-0.1, -0.05) is 5.16 Å². The van der Waals surface area contributed by atoms with Crippen molar-refractivity contribution in [2.24, 2.45) is 5.92 Å². The van der Waals surface area contributed by atoms with E-state index in [0.29, 0.717) is 23.8 Å². The van der Waals surface area contributed by atoms with Crippen molar-refractivity contribution in [1.29, 1.82) is 0 Å². The molecule has 1 amide bonds. The lowest BCUT2D eigenvalue weighted by molar-refractivity contribution is -0.135. The Balaban J connectivity index is 1.83. The molecule has 0 spiro atoms. The average molecular weight is 344 g/mol. The fourth-order valence-corrected chi connectivity index (χ4v) is 2.77. The number of hydrogen-bond acceptors (Lipinski definition) is 5. The van der Waals surface area contributed by atoms with Crippen LogP contribution in [0.2, 0.25) is 0 Å². The first-order valence-electron chi connectivity index (χ1n) is 8.52. The maximum absolute atomic E-state index is 12.4. The van der Waals surface area contributed by atoms with Crippen LogP contribution in [0.25, 0.3) is 11.3 Å².